The highest BCUT2D eigenvalue weighted by Gasteiger charge is 2.29. The van der Waals surface area contributed by atoms with E-state index < -0.39 is 12.0 Å². The van der Waals surface area contributed by atoms with Crippen LogP contribution in [-0.2, 0) is 16.6 Å². The molecule has 0 fully saturated rings. The Morgan fingerprint density at radius 3 is 2.82 bits per heavy atom. The van der Waals surface area contributed by atoms with Gasteiger partial charge in [-0.3, -0.25) is 4.79 Å². The van der Waals surface area contributed by atoms with Crippen molar-refractivity contribution in [3.63, 3.8) is 0 Å². The molecular weight excluding hydrogens is 220 g/mol. The maximum Gasteiger partial charge on any atom is 0.311 e. The van der Waals surface area contributed by atoms with E-state index in [2.05, 4.69) is 4.98 Å². The molecule has 0 aromatic carbocycles. The van der Waals surface area contributed by atoms with Gasteiger partial charge in [0.15, 0.2) is 0 Å². The first kappa shape index (κ1) is 13.7. The number of esters is 1. The van der Waals surface area contributed by atoms with Crippen LogP contribution in [0.1, 0.15) is 38.0 Å². The maximum absolute atomic E-state index is 11.7. The first-order valence-corrected chi connectivity index (χ1v) is 5.83. The van der Waals surface area contributed by atoms with E-state index in [0.29, 0.717) is 12.1 Å². The zero-order valence-corrected chi connectivity index (χ0v) is 10.6. The molecule has 0 radical (unpaired) electrons. The molecule has 0 aliphatic carbocycles. The van der Waals surface area contributed by atoms with Crippen LogP contribution < -0.4 is 0 Å². The molecule has 0 saturated heterocycles. The predicted octanol–water partition coefficient (Wildman–Crippen LogP) is 1.43. The minimum atomic E-state index is -0.860. The largest absolute Gasteiger partial charge is 0.469 e. The highest BCUT2D eigenvalue weighted by Crippen LogP contribution is 2.26. The molecule has 2 atom stereocenters. The standard InChI is InChI=1S/C12H20N2O3/c1-4-5-6-9(12(16)17-3)11(15)10-7-13-8-14(10)2/h7-9,11,15H,4-6H2,1-3H3. The third-order valence-corrected chi connectivity index (χ3v) is 2.91. The molecule has 96 valence electrons. The topological polar surface area (TPSA) is 64.3 Å². The second-order valence-corrected chi connectivity index (χ2v) is 4.15. The number of carbonyl (C=O) groups excluding carboxylic acids is 1. The highest BCUT2D eigenvalue weighted by molar-refractivity contribution is 5.73. The Morgan fingerprint density at radius 1 is 1.65 bits per heavy atom. The van der Waals surface area contributed by atoms with Gasteiger partial charge in [-0.05, 0) is 6.42 Å². The van der Waals surface area contributed by atoms with Crippen LogP contribution in [0.3, 0.4) is 0 Å². The van der Waals surface area contributed by atoms with Gasteiger partial charge in [-0.1, -0.05) is 19.8 Å². The molecule has 0 aliphatic rings. The number of hydrogen-bond donors (Lipinski definition) is 1. The summed E-state index contributed by atoms with van der Waals surface area (Å²) >= 11 is 0. The third kappa shape index (κ3) is 3.30. The number of unbranched alkanes of at least 4 members (excludes halogenated alkanes) is 1. The van der Waals surface area contributed by atoms with Crippen molar-refractivity contribution in [3.8, 4) is 0 Å². The van der Waals surface area contributed by atoms with Crippen LogP contribution >= 0.6 is 0 Å². The van der Waals surface area contributed by atoms with Crippen LogP contribution in [0.4, 0.5) is 0 Å². The van der Waals surface area contributed by atoms with E-state index in [1.807, 2.05) is 6.92 Å². The van der Waals surface area contributed by atoms with Gasteiger partial charge in [0.05, 0.1) is 31.2 Å². The number of hydrogen-bond acceptors (Lipinski definition) is 4. The quantitative estimate of drug-likeness (QED) is 0.764. The number of aromatic nitrogens is 2. The van der Waals surface area contributed by atoms with E-state index in [1.54, 1.807) is 24.1 Å². The van der Waals surface area contributed by atoms with Gasteiger partial charge in [0, 0.05) is 7.05 Å². The van der Waals surface area contributed by atoms with Crippen molar-refractivity contribution < 1.29 is 14.6 Å². The van der Waals surface area contributed by atoms with Crippen LogP contribution in [0, 0.1) is 5.92 Å². The number of carbonyl (C=O) groups is 1. The summed E-state index contributed by atoms with van der Waals surface area (Å²) < 4.78 is 6.45. The molecule has 1 rings (SSSR count). The zero-order valence-electron chi connectivity index (χ0n) is 10.6. The molecule has 0 amide bonds. The Balaban J connectivity index is 2.82. The van der Waals surface area contributed by atoms with E-state index in [4.69, 9.17) is 4.74 Å². The fourth-order valence-corrected chi connectivity index (χ4v) is 1.84. The van der Waals surface area contributed by atoms with Crippen molar-refractivity contribution >= 4 is 5.97 Å². The SMILES string of the molecule is CCCCC(C(=O)OC)C(O)c1cncn1C. The van der Waals surface area contributed by atoms with E-state index >= 15 is 0 Å². The van der Waals surface area contributed by atoms with Crippen molar-refractivity contribution in [1.82, 2.24) is 9.55 Å². The Kier molecular flexibility index (Phi) is 5.15. The molecule has 0 bridgehead atoms. The number of aryl methyl sites for hydroxylation is 1. The summed E-state index contributed by atoms with van der Waals surface area (Å²) in [6, 6.07) is 0. The highest BCUT2D eigenvalue weighted by atomic mass is 16.5. The molecule has 5 heteroatoms. The van der Waals surface area contributed by atoms with Gasteiger partial charge in [0.1, 0.15) is 6.10 Å². The summed E-state index contributed by atoms with van der Waals surface area (Å²) in [4.78, 5) is 15.6. The molecule has 1 aromatic rings. The molecular formula is C12H20N2O3. The van der Waals surface area contributed by atoms with Gasteiger partial charge in [-0.2, -0.15) is 0 Å². The molecule has 0 aliphatic heterocycles. The summed E-state index contributed by atoms with van der Waals surface area (Å²) in [5.74, 6) is -0.887. The van der Waals surface area contributed by atoms with Crippen molar-refractivity contribution in [1.29, 1.82) is 0 Å². The van der Waals surface area contributed by atoms with Crippen molar-refractivity contribution in [2.24, 2.45) is 13.0 Å². The average Bonchev–Trinajstić information content (AvgIpc) is 2.75. The summed E-state index contributed by atoms with van der Waals surface area (Å²) in [7, 11) is 3.14. The Hall–Kier alpha value is -1.36. The minimum absolute atomic E-state index is 0.368. The Bertz CT molecular complexity index is 362. The van der Waals surface area contributed by atoms with E-state index in [9.17, 15) is 9.90 Å². The first-order chi connectivity index (χ1) is 8.11. The summed E-state index contributed by atoms with van der Waals surface area (Å²) in [5, 5.41) is 10.2. The van der Waals surface area contributed by atoms with Crippen molar-refractivity contribution in [3.05, 3.63) is 18.2 Å². The molecule has 2 unspecified atom stereocenters. The zero-order chi connectivity index (χ0) is 12.8. The van der Waals surface area contributed by atoms with Crippen LogP contribution in [0.5, 0.6) is 0 Å². The number of aliphatic hydroxyl groups is 1. The number of ether oxygens (including phenoxy) is 1. The van der Waals surface area contributed by atoms with E-state index in [1.165, 1.54) is 7.11 Å². The third-order valence-electron chi connectivity index (χ3n) is 2.91. The summed E-state index contributed by atoms with van der Waals surface area (Å²) in [5.41, 5.74) is 0.636. The van der Waals surface area contributed by atoms with Crippen LogP contribution in [-0.4, -0.2) is 27.7 Å². The normalized spacial score (nSPS) is 14.4. The lowest BCUT2D eigenvalue weighted by atomic mass is 9.94. The van der Waals surface area contributed by atoms with Crippen molar-refractivity contribution in [2.45, 2.75) is 32.3 Å². The van der Waals surface area contributed by atoms with Gasteiger partial charge in [-0.15, -0.1) is 0 Å². The maximum atomic E-state index is 11.7. The summed E-state index contributed by atoms with van der Waals surface area (Å²) in [6.45, 7) is 2.05. The van der Waals surface area contributed by atoms with Crippen LogP contribution in [0.2, 0.25) is 0 Å². The number of methoxy groups -OCH3 is 1. The van der Waals surface area contributed by atoms with Gasteiger partial charge in [0.25, 0.3) is 0 Å². The lowest BCUT2D eigenvalue weighted by Crippen LogP contribution is -2.25. The first-order valence-electron chi connectivity index (χ1n) is 5.83. The molecule has 17 heavy (non-hydrogen) atoms. The molecule has 0 spiro atoms. The predicted molar refractivity (Wildman–Crippen MR) is 63.2 cm³/mol. The lowest BCUT2D eigenvalue weighted by Gasteiger charge is -2.20. The van der Waals surface area contributed by atoms with Crippen molar-refractivity contribution in [2.75, 3.05) is 7.11 Å². The molecule has 1 N–H and O–H groups in total. The number of rotatable bonds is 6. The Morgan fingerprint density at radius 2 is 2.35 bits per heavy atom. The average molecular weight is 240 g/mol. The van der Waals surface area contributed by atoms with Crippen LogP contribution in [0.15, 0.2) is 12.5 Å². The number of aliphatic hydroxyl groups excluding tert-OH is 1. The second kappa shape index (κ2) is 6.39. The number of imidazole rings is 1. The second-order valence-electron chi connectivity index (χ2n) is 4.15. The van der Waals surface area contributed by atoms with Crippen LogP contribution in [0.25, 0.3) is 0 Å². The smallest absolute Gasteiger partial charge is 0.311 e. The fraction of sp³-hybridized carbons (Fsp3) is 0.667. The lowest BCUT2D eigenvalue weighted by molar-refractivity contribution is -0.150. The van der Waals surface area contributed by atoms with E-state index in [-0.39, 0.29) is 5.97 Å². The van der Waals surface area contributed by atoms with Gasteiger partial charge in [0.2, 0.25) is 0 Å². The van der Waals surface area contributed by atoms with Gasteiger partial charge in [-0.25, -0.2) is 4.98 Å². The molecule has 5 nitrogen and oxygen atoms in total. The fourth-order valence-electron chi connectivity index (χ4n) is 1.84. The molecule has 1 aromatic heterocycles. The molecule has 1 heterocycles. The van der Waals surface area contributed by atoms with Gasteiger partial charge < -0.3 is 14.4 Å². The monoisotopic (exact) mass is 240 g/mol. The minimum Gasteiger partial charge on any atom is -0.469 e. The van der Waals surface area contributed by atoms with Gasteiger partial charge >= 0.3 is 5.97 Å². The van der Waals surface area contributed by atoms with E-state index in [0.717, 1.165) is 12.8 Å². The summed E-state index contributed by atoms with van der Waals surface area (Å²) in [6.07, 6.45) is 4.80. The number of nitrogens with zero attached hydrogens (tertiary/aromatic N) is 2. The Labute approximate surface area is 101 Å². The molecule has 0 saturated carbocycles.